The Morgan fingerprint density at radius 1 is 0.880 bits per heavy atom. The van der Waals surface area contributed by atoms with E-state index in [-0.39, 0.29) is 17.6 Å². The Morgan fingerprint density at radius 3 is 1.84 bits per heavy atom. The van der Waals surface area contributed by atoms with Crippen LogP contribution in [0, 0.1) is 5.82 Å². The van der Waals surface area contributed by atoms with Crippen molar-refractivity contribution in [3.63, 3.8) is 0 Å². The number of amides is 2. The van der Waals surface area contributed by atoms with Gasteiger partial charge in [0.05, 0.1) is 0 Å². The van der Waals surface area contributed by atoms with Crippen LogP contribution in [-0.4, -0.2) is 25.7 Å². The predicted octanol–water partition coefficient (Wildman–Crippen LogP) is 3.51. The molecule has 0 saturated heterocycles. The monoisotopic (exact) mass is 352 g/mol. The number of hydrogen-bond acceptors (Lipinski definition) is 2. The lowest BCUT2D eigenvalue weighted by atomic mass is 10.1. The molecule has 2 amide bonds. The molecule has 0 atom stereocenters. The molecule has 0 aromatic heterocycles. The van der Waals surface area contributed by atoms with Crippen molar-refractivity contribution in [2.24, 2.45) is 0 Å². The maximum absolute atomic E-state index is 12.8. The number of carbonyl (C=O) groups is 1. The number of hydrogen-bond donors (Lipinski definition) is 2. The lowest BCUT2D eigenvalue weighted by molar-refractivity contribution is -0.0498. The van der Waals surface area contributed by atoms with Gasteiger partial charge in [-0.3, -0.25) is 0 Å². The molecule has 2 aromatic rings. The summed E-state index contributed by atoms with van der Waals surface area (Å²) in [7, 11) is 0. The molecule has 0 aliphatic carbocycles. The van der Waals surface area contributed by atoms with E-state index in [4.69, 9.17) is 0 Å². The first-order chi connectivity index (χ1) is 12.0. The highest BCUT2D eigenvalue weighted by Gasteiger charge is 2.04. The Balaban J connectivity index is 1.62. The molecule has 0 spiro atoms. The number of benzene rings is 2. The lowest BCUT2D eigenvalue weighted by Crippen LogP contribution is -2.37. The Labute approximate surface area is 144 Å². The van der Waals surface area contributed by atoms with Crippen LogP contribution in [0.4, 0.5) is 18.0 Å². The van der Waals surface area contributed by atoms with E-state index in [1.807, 2.05) is 0 Å². The zero-order chi connectivity index (χ0) is 18.1. The Hall–Kier alpha value is -2.70. The second-order valence-electron chi connectivity index (χ2n) is 5.33. The second-order valence-corrected chi connectivity index (χ2v) is 5.33. The molecule has 0 fully saturated rings. The number of halogens is 3. The summed E-state index contributed by atoms with van der Waals surface area (Å²) in [5.41, 5.74) is 1.83. The summed E-state index contributed by atoms with van der Waals surface area (Å²) in [4.78, 5) is 11.7. The maximum Gasteiger partial charge on any atom is 0.387 e. The van der Waals surface area contributed by atoms with Crippen molar-refractivity contribution < 1.29 is 22.7 Å². The summed E-state index contributed by atoms with van der Waals surface area (Å²) >= 11 is 0. The van der Waals surface area contributed by atoms with Gasteiger partial charge in [-0.1, -0.05) is 24.3 Å². The van der Waals surface area contributed by atoms with Gasteiger partial charge in [0.15, 0.2) is 0 Å². The molecule has 2 N–H and O–H groups in total. The summed E-state index contributed by atoms with van der Waals surface area (Å²) in [5.74, 6) is -0.187. The van der Waals surface area contributed by atoms with Crippen LogP contribution in [0.25, 0.3) is 0 Å². The molecule has 0 aliphatic rings. The molecule has 0 radical (unpaired) electrons. The third kappa shape index (κ3) is 7.15. The van der Waals surface area contributed by atoms with Gasteiger partial charge in [0.1, 0.15) is 11.6 Å². The van der Waals surface area contributed by atoms with E-state index >= 15 is 0 Å². The molecule has 2 aromatic carbocycles. The summed E-state index contributed by atoms with van der Waals surface area (Å²) in [5, 5.41) is 5.43. The molecule has 4 nitrogen and oxygen atoms in total. The van der Waals surface area contributed by atoms with Crippen LogP contribution >= 0.6 is 0 Å². The number of alkyl halides is 2. The summed E-state index contributed by atoms with van der Waals surface area (Å²) in [6.45, 7) is -1.99. The van der Waals surface area contributed by atoms with Crippen molar-refractivity contribution in [2.75, 3.05) is 13.1 Å². The predicted molar refractivity (Wildman–Crippen MR) is 88.3 cm³/mol. The molecule has 0 saturated carbocycles. The molecule has 0 heterocycles. The van der Waals surface area contributed by atoms with Crippen LogP contribution in [0.1, 0.15) is 11.1 Å². The van der Waals surface area contributed by atoms with Gasteiger partial charge in [-0.05, 0) is 48.2 Å². The van der Waals surface area contributed by atoms with Crippen molar-refractivity contribution in [1.82, 2.24) is 10.6 Å². The van der Waals surface area contributed by atoms with E-state index in [1.54, 1.807) is 24.3 Å². The molecule has 0 unspecified atom stereocenters. The fraction of sp³-hybridized carbons (Fsp3) is 0.278. The van der Waals surface area contributed by atoms with Crippen molar-refractivity contribution in [3.8, 4) is 5.75 Å². The van der Waals surface area contributed by atoms with Crippen molar-refractivity contribution in [2.45, 2.75) is 19.5 Å². The second kappa shape index (κ2) is 9.56. The average molecular weight is 352 g/mol. The molecular weight excluding hydrogens is 333 g/mol. The van der Waals surface area contributed by atoms with Gasteiger partial charge in [0, 0.05) is 13.1 Å². The van der Waals surface area contributed by atoms with E-state index in [2.05, 4.69) is 15.4 Å². The Kier molecular flexibility index (Phi) is 7.13. The normalized spacial score (nSPS) is 10.6. The van der Waals surface area contributed by atoms with Crippen LogP contribution in [0.3, 0.4) is 0 Å². The van der Waals surface area contributed by atoms with Gasteiger partial charge in [0.25, 0.3) is 0 Å². The first-order valence-corrected chi connectivity index (χ1v) is 7.83. The van der Waals surface area contributed by atoms with Gasteiger partial charge < -0.3 is 15.4 Å². The molecule has 2 rings (SSSR count). The van der Waals surface area contributed by atoms with E-state index in [0.717, 1.165) is 11.1 Å². The summed E-state index contributed by atoms with van der Waals surface area (Å²) in [6.07, 6.45) is 1.18. The van der Waals surface area contributed by atoms with Crippen LogP contribution in [0.2, 0.25) is 0 Å². The molecule has 134 valence electrons. The summed E-state index contributed by atoms with van der Waals surface area (Å²) in [6, 6.07) is 12.1. The maximum atomic E-state index is 12.8. The third-order valence-electron chi connectivity index (χ3n) is 3.46. The Morgan fingerprint density at radius 2 is 1.36 bits per heavy atom. The first kappa shape index (κ1) is 18.6. The fourth-order valence-electron chi connectivity index (χ4n) is 2.19. The summed E-state index contributed by atoms with van der Waals surface area (Å²) < 4.78 is 41.1. The van der Waals surface area contributed by atoms with Crippen molar-refractivity contribution in [3.05, 3.63) is 65.5 Å². The number of ether oxygens (including phenoxy) is 1. The van der Waals surface area contributed by atoms with Gasteiger partial charge >= 0.3 is 12.6 Å². The topological polar surface area (TPSA) is 50.4 Å². The molecule has 25 heavy (non-hydrogen) atoms. The van der Waals surface area contributed by atoms with E-state index in [1.165, 1.54) is 24.3 Å². The van der Waals surface area contributed by atoms with Gasteiger partial charge in [-0.25, -0.2) is 9.18 Å². The van der Waals surface area contributed by atoms with E-state index in [0.29, 0.717) is 25.9 Å². The van der Waals surface area contributed by atoms with E-state index in [9.17, 15) is 18.0 Å². The van der Waals surface area contributed by atoms with Gasteiger partial charge in [-0.2, -0.15) is 8.78 Å². The third-order valence-corrected chi connectivity index (χ3v) is 3.46. The van der Waals surface area contributed by atoms with Crippen LogP contribution < -0.4 is 15.4 Å². The molecule has 0 bridgehead atoms. The zero-order valence-electron chi connectivity index (χ0n) is 13.5. The van der Waals surface area contributed by atoms with Crippen LogP contribution in [-0.2, 0) is 12.8 Å². The lowest BCUT2D eigenvalue weighted by Gasteiger charge is -2.09. The van der Waals surface area contributed by atoms with Gasteiger partial charge in [0.2, 0.25) is 0 Å². The smallest absolute Gasteiger partial charge is 0.387 e. The SMILES string of the molecule is O=C(NCCc1ccc(F)cc1)NCCc1ccc(OC(F)F)cc1. The number of rotatable bonds is 8. The minimum atomic E-state index is -2.84. The minimum Gasteiger partial charge on any atom is -0.435 e. The quantitative estimate of drug-likeness (QED) is 0.764. The highest BCUT2D eigenvalue weighted by Crippen LogP contribution is 2.14. The standard InChI is InChI=1S/C18H19F3N2O2/c19-15-5-1-13(2-6-15)9-11-22-18(24)23-12-10-14-3-7-16(8-4-14)25-17(20)21/h1-8,17H,9-12H2,(H2,22,23,24). The highest BCUT2D eigenvalue weighted by atomic mass is 19.3. The van der Waals surface area contributed by atoms with Crippen LogP contribution in [0.5, 0.6) is 5.75 Å². The molecule has 0 aliphatic heterocycles. The Bertz CT molecular complexity index is 661. The number of urea groups is 1. The number of carbonyl (C=O) groups excluding carboxylic acids is 1. The van der Waals surface area contributed by atoms with E-state index < -0.39 is 6.61 Å². The fourth-order valence-corrected chi connectivity index (χ4v) is 2.19. The van der Waals surface area contributed by atoms with Gasteiger partial charge in [-0.15, -0.1) is 0 Å². The minimum absolute atomic E-state index is 0.102. The highest BCUT2D eigenvalue weighted by molar-refractivity contribution is 5.73. The molecular formula is C18H19F3N2O2. The largest absolute Gasteiger partial charge is 0.435 e. The average Bonchev–Trinajstić information content (AvgIpc) is 2.58. The van der Waals surface area contributed by atoms with Crippen LogP contribution in [0.15, 0.2) is 48.5 Å². The number of nitrogens with one attached hydrogen (secondary N) is 2. The van der Waals surface area contributed by atoms with Crippen molar-refractivity contribution >= 4 is 6.03 Å². The zero-order valence-corrected chi connectivity index (χ0v) is 13.5. The van der Waals surface area contributed by atoms with Crippen molar-refractivity contribution in [1.29, 1.82) is 0 Å². The molecule has 7 heteroatoms. The first-order valence-electron chi connectivity index (χ1n) is 7.83.